The Balaban J connectivity index is 2.27. The van der Waals surface area contributed by atoms with Crippen molar-refractivity contribution >= 4 is 6.29 Å². The molecule has 2 aliphatic rings. The number of allylic oxidation sites excluding steroid dienone is 1. The van der Waals surface area contributed by atoms with Gasteiger partial charge >= 0.3 is 0 Å². The van der Waals surface area contributed by atoms with Crippen LogP contribution in [0, 0.1) is 23.2 Å². The van der Waals surface area contributed by atoms with Crippen molar-refractivity contribution in [3.8, 4) is 0 Å². The largest absolute Gasteiger partial charge is 0.516 e. The second-order valence-corrected chi connectivity index (χ2v) is 5.80. The summed E-state index contributed by atoms with van der Waals surface area (Å²) >= 11 is 0. The number of carbonyl (C=O) groups is 1. The monoisotopic (exact) mass is 222 g/mol. The standard InChI is InChI=1S/C14H22O2/c1-10(8-15)12-5-6-13-11(9-16)4-3-7-14(12,13)2/h8-10,12-13,16H,3-7H2,1-2H3/b11-9+/t10-,12+,13?,14+/m0/s1. The van der Waals surface area contributed by atoms with Gasteiger partial charge in [0.25, 0.3) is 0 Å². The topological polar surface area (TPSA) is 37.3 Å². The van der Waals surface area contributed by atoms with Crippen LogP contribution in [0.5, 0.6) is 0 Å². The molecule has 2 aliphatic carbocycles. The highest BCUT2D eigenvalue weighted by atomic mass is 16.2. The van der Waals surface area contributed by atoms with Crippen LogP contribution in [0.15, 0.2) is 11.8 Å². The van der Waals surface area contributed by atoms with E-state index in [1.165, 1.54) is 18.3 Å². The van der Waals surface area contributed by atoms with Gasteiger partial charge in [0.1, 0.15) is 6.29 Å². The first-order valence-electron chi connectivity index (χ1n) is 6.42. The van der Waals surface area contributed by atoms with Crippen LogP contribution in [0.4, 0.5) is 0 Å². The summed E-state index contributed by atoms with van der Waals surface area (Å²) < 4.78 is 0. The average Bonchev–Trinajstić information content (AvgIpc) is 2.64. The molecule has 0 radical (unpaired) electrons. The summed E-state index contributed by atoms with van der Waals surface area (Å²) in [6.07, 6.45) is 8.12. The van der Waals surface area contributed by atoms with Crippen LogP contribution in [0.1, 0.15) is 46.0 Å². The lowest BCUT2D eigenvalue weighted by atomic mass is 9.61. The highest BCUT2D eigenvalue weighted by Gasteiger charge is 2.50. The Kier molecular flexibility index (Phi) is 3.09. The molecular formula is C14H22O2. The lowest BCUT2D eigenvalue weighted by Gasteiger charge is -2.43. The van der Waals surface area contributed by atoms with Crippen LogP contribution in [-0.2, 0) is 4.79 Å². The maximum atomic E-state index is 11.0. The summed E-state index contributed by atoms with van der Waals surface area (Å²) in [6, 6.07) is 0. The van der Waals surface area contributed by atoms with E-state index in [9.17, 15) is 9.90 Å². The highest BCUT2D eigenvalue weighted by molar-refractivity contribution is 5.54. The fourth-order valence-electron chi connectivity index (χ4n) is 4.19. The third-order valence-electron chi connectivity index (χ3n) is 5.05. The van der Waals surface area contributed by atoms with Gasteiger partial charge in [0, 0.05) is 5.92 Å². The molecule has 2 saturated carbocycles. The van der Waals surface area contributed by atoms with Crippen molar-refractivity contribution < 1.29 is 9.90 Å². The first-order chi connectivity index (χ1) is 7.63. The zero-order valence-electron chi connectivity index (χ0n) is 10.3. The van der Waals surface area contributed by atoms with Crippen LogP contribution in [-0.4, -0.2) is 11.4 Å². The lowest BCUT2D eigenvalue weighted by molar-refractivity contribution is -0.113. The second kappa shape index (κ2) is 4.23. The van der Waals surface area contributed by atoms with Crippen molar-refractivity contribution in [2.24, 2.45) is 23.2 Å². The molecule has 16 heavy (non-hydrogen) atoms. The molecule has 1 unspecified atom stereocenters. The Bertz CT molecular complexity index is 308. The normalized spacial score (nSPS) is 43.0. The number of carbonyl (C=O) groups excluding carboxylic acids is 1. The molecule has 1 N–H and O–H groups in total. The second-order valence-electron chi connectivity index (χ2n) is 5.80. The number of aliphatic hydroxyl groups excluding tert-OH is 1. The van der Waals surface area contributed by atoms with Crippen molar-refractivity contribution in [2.45, 2.75) is 46.0 Å². The summed E-state index contributed by atoms with van der Waals surface area (Å²) in [7, 11) is 0. The third-order valence-corrected chi connectivity index (χ3v) is 5.05. The summed E-state index contributed by atoms with van der Waals surface area (Å²) in [5, 5.41) is 9.30. The Hall–Kier alpha value is -0.790. The van der Waals surface area contributed by atoms with Gasteiger partial charge in [-0.15, -0.1) is 0 Å². The van der Waals surface area contributed by atoms with Gasteiger partial charge in [-0.1, -0.05) is 13.8 Å². The lowest BCUT2D eigenvalue weighted by Crippen LogP contribution is -2.36. The molecule has 2 fully saturated rings. The van der Waals surface area contributed by atoms with Crippen LogP contribution in [0.3, 0.4) is 0 Å². The molecule has 0 saturated heterocycles. The SMILES string of the molecule is C[C@@H](C=O)[C@H]1CCC2/C(=C/O)CCC[C@@]21C. The van der Waals surface area contributed by atoms with Crippen LogP contribution in [0.25, 0.3) is 0 Å². The molecule has 0 aromatic carbocycles. The van der Waals surface area contributed by atoms with Crippen LogP contribution < -0.4 is 0 Å². The molecule has 2 heteroatoms. The molecule has 90 valence electrons. The Morgan fingerprint density at radius 1 is 1.50 bits per heavy atom. The van der Waals surface area contributed by atoms with E-state index in [-0.39, 0.29) is 11.3 Å². The minimum atomic E-state index is 0.160. The van der Waals surface area contributed by atoms with Gasteiger partial charge in [0.05, 0.1) is 6.26 Å². The maximum Gasteiger partial charge on any atom is 0.123 e. The van der Waals surface area contributed by atoms with Gasteiger partial charge in [-0.05, 0) is 54.9 Å². The van der Waals surface area contributed by atoms with Gasteiger partial charge in [0.15, 0.2) is 0 Å². The van der Waals surface area contributed by atoms with Gasteiger partial charge in [0.2, 0.25) is 0 Å². The van der Waals surface area contributed by atoms with E-state index < -0.39 is 0 Å². The van der Waals surface area contributed by atoms with E-state index in [1.54, 1.807) is 0 Å². The first-order valence-corrected chi connectivity index (χ1v) is 6.42. The predicted molar refractivity (Wildman–Crippen MR) is 64.1 cm³/mol. The molecular weight excluding hydrogens is 200 g/mol. The van der Waals surface area contributed by atoms with E-state index in [0.717, 1.165) is 32.0 Å². The van der Waals surface area contributed by atoms with E-state index in [4.69, 9.17) is 0 Å². The summed E-state index contributed by atoms with van der Waals surface area (Å²) in [5.41, 5.74) is 1.46. The fraction of sp³-hybridized carbons (Fsp3) is 0.786. The smallest absolute Gasteiger partial charge is 0.123 e. The molecule has 0 heterocycles. The molecule has 0 aromatic heterocycles. The Morgan fingerprint density at radius 3 is 2.88 bits per heavy atom. The number of hydrogen-bond donors (Lipinski definition) is 1. The van der Waals surface area contributed by atoms with Crippen LogP contribution in [0.2, 0.25) is 0 Å². The summed E-state index contributed by atoms with van der Waals surface area (Å²) in [5.74, 6) is 1.18. The average molecular weight is 222 g/mol. The van der Waals surface area contributed by atoms with E-state index in [2.05, 4.69) is 6.92 Å². The van der Waals surface area contributed by atoms with Crippen molar-refractivity contribution in [3.05, 3.63) is 11.8 Å². The van der Waals surface area contributed by atoms with Gasteiger partial charge in [-0.3, -0.25) is 0 Å². The Labute approximate surface area is 97.7 Å². The van der Waals surface area contributed by atoms with E-state index >= 15 is 0 Å². The molecule has 0 bridgehead atoms. The van der Waals surface area contributed by atoms with Gasteiger partial charge < -0.3 is 9.90 Å². The zero-order chi connectivity index (χ0) is 11.8. The summed E-state index contributed by atoms with van der Waals surface area (Å²) in [4.78, 5) is 11.0. The van der Waals surface area contributed by atoms with Gasteiger partial charge in [-0.25, -0.2) is 0 Å². The predicted octanol–water partition coefficient (Wildman–Crippen LogP) is 3.48. The molecule has 0 aliphatic heterocycles. The molecule has 0 amide bonds. The zero-order valence-corrected chi connectivity index (χ0v) is 10.3. The Morgan fingerprint density at radius 2 is 2.25 bits per heavy atom. The maximum absolute atomic E-state index is 11.0. The quantitative estimate of drug-likeness (QED) is 0.573. The van der Waals surface area contributed by atoms with Crippen molar-refractivity contribution in [2.75, 3.05) is 0 Å². The third kappa shape index (κ3) is 1.59. The fourth-order valence-corrected chi connectivity index (χ4v) is 4.19. The minimum absolute atomic E-state index is 0.160. The van der Waals surface area contributed by atoms with Crippen molar-refractivity contribution in [3.63, 3.8) is 0 Å². The van der Waals surface area contributed by atoms with E-state index in [0.29, 0.717) is 11.8 Å². The molecule has 4 atom stereocenters. The number of aldehydes is 1. The van der Waals surface area contributed by atoms with Crippen molar-refractivity contribution in [1.82, 2.24) is 0 Å². The number of rotatable bonds is 2. The molecule has 0 spiro atoms. The molecule has 2 nitrogen and oxygen atoms in total. The number of aliphatic hydroxyl groups is 1. The van der Waals surface area contributed by atoms with Crippen LogP contribution >= 0.6 is 0 Å². The summed E-state index contributed by atoms with van der Waals surface area (Å²) in [6.45, 7) is 4.36. The minimum Gasteiger partial charge on any atom is -0.516 e. The molecule has 2 rings (SSSR count). The van der Waals surface area contributed by atoms with E-state index in [1.807, 2.05) is 6.92 Å². The molecule has 0 aromatic rings. The number of hydrogen-bond acceptors (Lipinski definition) is 2. The highest BCUT2D eigenvalue weighted by Crippen LogP contribution is 2.58. The van der Waals surface area contributed by atoms with Gasteiger partial charge in [-0.2, -0.15) is 0 Å². The first kappa shape index (κ1) is 11.7. The number of fused-ring (bicyclic) bond motifs is 1. The van der Waals surface area contributed by atoms with Crippen molar-refractivity contribution in [1.29, 1.82) is 0 Å².